The fourth-order valence-electron chi connectivity index (χ4n) is 3.53. The first-order valence-electron chi connectivity index (χ1n) is 9.26. The first kappa shape index (κ1) is 20.4. The number of aliphatic hydroxyl groups excluding tert-OH is 1. The first-order chi connectivity index (χ1) is 14.4. The number of ketones is 1. The Hall–Kier alpha value is -2.89. The van der Waals surface area contributed by atoms with Crippen LogP contribution in [0.1, 0.15) is 22.7 Å². The van der Waals surface area contributed by atoms with E-state index in [1.54, 1.807) is 36.4 Å². The van der Waals surface area contributed by atoms with Crippen molar-refractivity contribution in [2.75, 3.05) is 4.90 Å². The number of halogens is 2. The summed E-state index contributed by atoms with van der Waals surface area (Å²) in [5.74, 6) is -1.63. The number of carbonyl (C=O) groups excluding carboxylic acids is 2. The van der Waals surface area contributed by atoms with Crippen molar-refractivity contribution in [2.24, 2.45) is 0 Å². The van der Waals surface area contributed by atoms with Crippen LogP contribution in [0, 0.1) is 6.92 Å². The van der Waals surface area contributed by atoms with Gasteiger partial charge in [-0.1, -0.05) is 57.4 Å². The Balaban J connectivity index is 1.93. The fraction of sp³-hybridized carbons (Fsp3) is 0.0833. The molecule has 6 heteroatoms. The standard InChI is InChI=1S/C24H17BrClNO3/c1-14-2-12-19(13-3-14)27-21(15-4-8-17(25)9-5-15)20(23(29)24(27)30)22(28)16-6-10-18(26)11-7-16/h2-13,21,28H,1H3/t21-/m1/s1. The first-order valence-corrected chi connectivity index (χ1v) is 10.4. The Morgan fingerprint density at radius 3 is 2.13 bits per heavy atom. The van der Waals surface area contributed by atoms with Gasteiger partial charge in [0, 0.05) is 20.7 Å². The minimum Gasteiger partial charge on any atom is -0.507 e. The Morgan fingerprint density at radius 2 is 1.53 bits per heavy atom. The van der Waals surface area contributed by atoms with Crippen molar-refractivity contribution in [1.82, 2.24) is 0 Å². The number of benzene rings is 3. The molecule has 0 spiro atoms. The van der Waals surface area contributed by atoms with Gasteiger partial charge in [-0.3, -0.25) is 14.5 Å². The molecule has 1 saturated heterocycles. The third-order valence-corrected chi connectivity index (χ3v) is 5.84. The van der Waals surface area contributed by atoms with Crippen molar-refractivity contribution in [3.63, 3.8) is 0 Å². The Morgan fingerprint density at radius 1 is 0.933 bits per heavy atom. The summed E-state index contributed by atoms with van der Waals surface area (Å²) in [6.45, 7) is 1.95. The lowest BCUT2D eigenvalue weighted by Gasteiger charge is -2.25. The van der Waals surface area contributed by atoms with Gasteiger partial charge in [-0.25, -0.2) is 0 Å². The van der Waals surface area contributed by atoms with E-state index in [4.69, 9.17) is 11.6 Å². The molecule has 0 unspecified atom stereocenters. The lowest BCUT2D eigenvalue weighted by Crippen LogP contribution is -2.29. The molecule has 1 fully saturated rings. The zero-order valence-corrected chi connectivity index (χ0v) is 18.3. The number of nitrogens with zero attached hydrogens (tertiary/aromatic N) is 1. The molecule has 0 aliphatic carbocycles. The third kappa shape index (κ3) is 3.66. The maximum atomic E-state index is 13.0. The molecule has 1 aliphatic heterocycles. The van der Waals surface area contributed by atoms with E-state index in [9.17, 15) is 14.7 Å². The van der Waals surface area contributed by atoms with Crippen LogP contribution < -0.4 is 4.90 Å². The predicted molar refractivity (Wildman–Crippen MR) is 122 cm³/mol. The molecule has 3 aromatic carbocycles. The molecule has 0 saturated carbocycles. The van der Waals surface area contributed by atoms with Gasteiger partial charge in [-0.05, 0) is 61.0 Å². The quantitative estimate of drug-likeness (QED) is 0.281. The molecule has 1 amide bonds. The summed E-state index contributed by atoms with van der Waals surface area (Å²) in [4.78, 5) is 27.5. The van der Waals surface area contributed by atoms with Crippen LogP contribution in [-0.4, -0.2) is 16.8 Å². The van der Waals surface area contributed by atoms with Gasteiger partial charge in [-0.15, -0.1) is 0 Å². The molecule has 0 aromatic heterocycles. The Bertz CT molecular complexity index is 1150. The van der Waals surface area contributed by atoms with Gasteiger partial charge in [0.05, 0.1) is 11.6 Å². The van der Waals surface area contributed by atoms with E-state index in [0.29, 0.717) is 21.8 Å². The summed E-state index contributed by atoms with van der Waals surface area (Å²) in [6, 6.07) is 20.4. The molecule has 1 N–H and O–H groups in total. The van der Waals surface area contributed by atoms with Crippen molar-refractivity contribution < 1.29 is 14.7 Å². The number of hydrogen-bond donors (Lipinski definition) is 1. The van der Waals surface area contributed by atoms with Crippen LogP contribution >= 0.6 is 27.5 Å². The molecule has 0 radical (unpaired) electrons. The van der Waals surface area contributed by atoms with Crippen molar-refractivity contribution in [1.29, 1.82) is 0 Å². The lowest BCUT2D eigenvalue weighted by molar-refractivity contribution is -0.132. The highest BCUT2D eigenvalue weighted by atomic mass is 79.9. The topological polar surface area (TPSA) is 57.6 Å². The Kier molecular flexibility index (Phi) is 5.50. The molecular weight excluding hydrogens is 466 g/mol. The molecule has 1 heterocycles. The van der Waals surface area contributed by atoms with E-state index in [1.165, 1.54) is 4.90 Å². The number of carbonyl (C=O) groups is 2. The number of aliphatic hydroxyl groups is 1. The van der Waals surface area contributed by atoms with E-state index in [0.717, 1.165) is 10.0 Å². The second-order valence-corrected chi connectivity index (χ2v) is 8.42. The molecule has 4 nitrogen and oxygen atoms in total. The number of Topliss-reactive ketones (excluding diaryl/α,β-unsaturated/α-hetero) is 1. The maximum Gasteiger partial charge on any atom is 0.300 e. The Labute approximate surface area is 187 Å². The molecule has 30 heavy (non-hydrogen) atoms. The number of hydrogen-bond acceptors (Lipinski definition) is 3. The highest BCUT2D eigenvalue weighted by Crippen LogP contribution is 2.42. The van der Waals surface area contributed by atoms with Crippen LogP contribution in [0.3, 0.4) is 0 Å². The molecule has 150 valence electrons. The van der Waals surface area contributed by atoms with Gasteiger partial charge < -0.3 is 5.11 Å². The van der Waals surface area contributed by atoms with Crippen LogP contribution in [0.15, 0.2) is 82.8 Å². The van der Waals surface area contributed by atoms with Gasteiger partial charge in [0.25, 0.3) is 11.7 Å². The summed E-state index contributed by atoms with van der Waals surface area (Å²) >= 11 is 9.36. The highest BCUT2D eigenvalue weighted by molar-refractivity contribution is 9.10. The number of rotatable bonds is 3. The van der Waals surface area contributed by atoms with Gasteiger partial charge in [-0.2, -0.15) is 0 Å². The van der Waals surface area contributed by atoms with Crippen molar-refractivity contribution >= 4 is 50.7 Å². The van der Waals surface area contributed by atoms with Crippen LogP contribution in [0.4, 0.5) is 5.69 Å². The second kappa shape index (κ2) is 8.09. The van der Waals surface area contributed by atoms with Crippen LogP contribution in [0.25, 0.3) is 5.76 Å². The van der Waals surface area contributed by atoms with Crippen LogP contribution in [-0.2, 0) is 9.59 Å². The molecule has 3 aromatic rings. The zero-order valence-electron chi connectivity index (χ0n) is 16.0. The van der Waals surface area contributed by atoms with E-state index in [2.05, 4.69) is 15.9 Å². The summed E-state index contributed by atoms with van der Waals surface area (Å²) in [5, 5.41) is 11.5. The predicted octanol–water partition coefficient (Wildman–Crippen LogP) is 6.04. The monoisotopic (exact) mass is 481 g/mol. The van der Waals surface area contributed by atoms with E-state index in [1.807, 2.05) is 43.3 Å². The fourth-order valence-corrected chi connectivity index (χ4v) is 3.92. The van der Waals surface area contributed by atoms with Crippen molar-refractivity contribution in [3.05, 3.63) is 105 Å². The molecule has 4 rings (SSSR count). The largest absolute Gasteiger partial charge is 0.507 e. The zero-order chi connectivity index (χ0) is 21.4. The minimum atomic E-state index is -0.753. The average molecular weight is 483 g/mol. The summed E-state index contributed by atoms with van der Waals surface area (Å²) < 4.78 is 0.872. The van der Waals surface area contributed by atoms with Crippen molar-refractivity contribution in [3.8, 4) is 0 Å². The van der Waals surface area contributed by atoms with E-state index >= 15 is 0 Å². The third-order valence-electron chi connectivity index (χ3n) is 5.06. The minimum absolute atomic E-state index is 0.0465. The second-order valence-electron chi connectivity index (χ2n) is 7.06. The average Bonchev–Trinajstić information content (AvgIpc) is 3.00. The highest BCUT2D eigenvalue weighted by Gasteiger charge is 2.46. The number of aryl methyl sites for hydroxylation is 1. The van der Waals surface area contributed by atoms with Crippen LogP contribution in [0.2, 0.25) is 5.02 Å². The summed E-state index contributed by atoms with van der Waals surface area (Å²) in [6.07, 6.45) is 0. The summed E-state index contributed by atoms with van der Waals surface area (Å²) in [5.41, 5.74) is 2.81. The lowest BCUT2D eigenvalue weighted by atomic mass is 9.95. The molecular formula is C24H17BrClNO3. The number of anilines is 1. The molecule has 1 aliphatic rings. The van der Waals surface area contributed by atoms with Gasteiger partial charge in [0.2, 0.25) is 0 Å². The number of amides is 1. The van der Waals surface area contributed by atoms with Gasteiger partial charge in [0.1, 0.15) is 5.76 Å². The van der Waals surface area contributed by atoms with E-state index < -0.39 is 17.7 Å². The van der Waals surface area contributed by atoms with Crippen LogP contribution in [0.5, 0.6) is 0 Å². The van der Waals surface area contributed by atoms with E-state index in [-0.39, 0.29) is 11.3 Å². The smallest absolute Gasteiger partial charge is 0.300 e. The maximum absolute atomic E-state index is 13.0. The normalized spacial score (nSPS) is 18.1. The van der Waals surface area contributed by atoms with Gasteiger partial charge in [0.15, 0.2) is 0 Å². The molecule has 1 atom stereocenters. The van der Waals surface area contributed by atoms with Crippen molar-refractivity contribution in [2.45, 2.75) is 13.0 Å². The SMILES string of the molecule is Cc1ccc(N2C(=O)C(=O)C(=C(O)c3ccc(Cl)cc3)[C@H]2c2ccc(Br)cc2)cc1. The molecule has 0 bridgehead atoms. The van der Waals surface area contributed by atoms with Gasteiger partial charge >= 0.3 is 0 Å². The summed E-state index contributed by atoms with van der Waals surface area (Å²) in [7, 11) is 0.